The van der Waals surface area contributed by atoms with Crippen molar-refractivity contribution in [1.29, 1.82) is 0 Å². The van der Waals surface area contributed by atoms with Crippen LogP contribution in [0.1, 0.15) is 6.92 Å². The van der Waals surface area contributed by atoms with Crippen LogP contribution in [0.4, 0.5) is 15.0 Å². The van der Waals surface area contributed by atoms with Gasteiger partial charge in [0.2, 0.25) is 0 Å². The molecule has 0 atom stereocenters. The van der Waals surface area contributed by atoms with Gasteiger partial charge >= 0.3 is 6.03 Å². The maximum Gasteiger partial charge on any atom is 0.320 e. The molecule has 0 saturated heterocycles. The smallest absolute Gasteiger partial charge is 0.320 e. The molecule has 176 valence electrons. The quantitative estimate of drug-likeness (QED) is 0.387. The normalized spacial score (nSPS) is 10.9. The average Bonchev–Trinajstić information content (AvgIpc) is 3.52. The Kier molecular flexibility index (Phi) is 5.80. The number of hydrogen-bond acceptors (Lipinski definition) is 6. The third-order valence-electron chi connectivity index (χ3n) is 5.36. The molecule has 0 aliphatic rings. The number of halogens is 1. The Labute approximate surface area is 199 Å². The summed E-state index contributed by atoms with van der Waals surface area (Å²) in [7, 11) is 1.42. The van der Waals surface area contributed by atoms with E-state index in [0.717, 1.165) is 22.5 Å². The van der Waals surface area contributed by atoms with Gasteiger partial charge in [0.05, 0.1) is 24.7 Å². The van der Waals surface area contributed by atoms with Crippen molar-refractivity contribution in [2.45, 2.75) is 6.92 Å². The first-order valence-corrected chi connectivity index (χ1v) is 10.8. The number of nitrogens with zero attached hydrogens (tertiary/aromatic N) is 6. The molecule has 11 heteroatoms. The molecule has 2 amide bonds. The number of fused-ring (bicyclic) bond motifs is 1. The second kappa shape index (κ2) is 9.21. The number of rotatable bonds is 6. The molecule has 0 unspecified atom stereocenters. The molecule has 10 nitrogen and oxygen atoms in total. The Balaban J connectivity index is 1.50. The van der Waals surface area contributed by atoms with E-state index >= 15 is 0 Å². The van der Waals surface area contributed by atoms with Crippen LogP contribution >= 0.6 is 0 Å². The third-order valence-corrected chi connectivity index (χ3v) is 5.36. The van der Waals surface area contributed by atoms with Crippen molar-refractivity contribution in [2.24, 2.45) is 0 Å². The van der Waals surface area contributed by atoms with E-state index in [1.165, 1.54) is 13.2 Å². The minimum Gasteiger partial charge on any atom is -0.494 e. The number of carbonyl (C=O) groups is 1. The standard InChI is InChI=1S/C24H21FN8O2/c1-3-26-24(34)30-21-8-4-15(11-27-21)19-12-28-22-9-5-16(13-32(19)22)23-31-29-14-33(23)17-6-7-18(25)20(10-17)35-2/h4-14H,3H2,1-2H3,(H2,26,27,30,34). The highest BCUT2D eigenvalue weighted by Crippen LogP contribution is 2.27. The number of nitrogens with one attached hydrogen (secondary N) is 2. The predicted molar refractivity (Wildman–Crippen MR) is 128 cm³/mol. The van der Waals surface area contributed by atoms with Gasteiger partial charge in [0.1, 0.15) is 17.8 Å². The average molecular weight is 472 g/mol. The monoisotopic (exact) mass is 472 g/mol. The molecule has 0 saturated carbocycles. The number of carbonyl (C=O) groups excluding carboxylic acids is 1. The summed E-state index contributed by atoms with van der Waals surface area (Å²) in [5.41, 5.74) is 3.81. The molecule has 2 N–H and O–H groups in total. The number of hydrogen-bond donors (Lipinski definition) is 2. The summed E-state index contributed by atoms with van der Waals surface area (Å²) in [6.45, 7) is 2.37. The van der Waals surface area contributed by atoms with E-state index in [1.54, 1.807) is 41.5 Å². The molecule has 0 spiro atoms. The highest BCUT2D eigenvalue weighted by atomic mass is 19.1. The van der Waals surface area contributed by atoms with Crippen molar-refractivity contribution in [3.8, 4) is 34.1 Å². The van der Waals surface area contributed by atoms with Crippen LogP contribution < -0.4 is 15.4 Å². The Morgan fingerprint density at radius 1 is 1.09 bits per heavy atom. The molecule has 0 bridgehead atoms. The largest absolute Gasteiger partial charge is 0.494 e. The number of amides is 2. The third kappa shape index (κ3) is 4.26. The van der Waals surface area contributed by atoms with E-state index < -0.39 is 5.82 Å². The molecule has 0 fully saturated rings. The van der Waals surface area contributed by atoms with Crippen LogP contribution in [0.5, 0.6) is 5.75 Å². The van der Waals surface area contributed by atoms with Crippen molar-refractivity contribution < 1.29 is 13.9 Å². The summed E-state index contributed by atoms with van der Waals surface area (Å²) in [6, 6.07) is 11.6. The Morgan fingerprint density at radius 2 is 1.94 bits per heavy atom. The fourth-order valence-electron chi connectivity index (χ4n) is 3.69. The van der Waals surface area contributed by atoms with Crippen molar-refractivity contribution in [3.05, 3.63) is 73.2 Å². The minimum absolute atomic E-state index is 0.132. The van der Waals surface area contributed by atoms with Crippen LogP contribution in [0, 0.1) is 5.82 Å². The first kappa shape index (κ1) is 22.0. The van der Waals surface area contributed by atoms with Crippen LogP contribution in [-0.2, 0) is 0 Å². The van der Waals surface area contributed by atoms with E-state index in [-0.39, 0.29) is 11.8 Å². The number of methoxy groups -OCH3 is 1. The SMILES string of the molecule is CCNC(=O)Nc1ccc(-c2cnc3ccc(-c4nncn4-c4ccc(F)c(OC)c4)cn23)cn1. The van der Waals surface area contributed by atoms with Gasteiger partial charge in [-0.2, -0.15) is 0 Å². The minimum atomic E-state index is -0.448. The van der Waals surface area contributed by atoms with E-state index in [1.807, 2.05) is 35.7 Å². The molecule has 5 aromatic rings. The Hall–Kier alpha value is -4.80. The van der Waals surface area contributed by atoms with Crippen molar-refractivity contribution >= 4 is 17.5 Å². The summed E-state index contributed by atoms with van der Waals surface area (Å²) < 4.78 is 22.7. The van der Waals surface area contributed by atoms with Gasteiger partial charge in [-0.05, 0) is 43.3 Å². The summed E-state index contributed by atoms with van der Waals surface area (Å²) in [5.74, 6) is 0.695. The molecular formula is C24H21FN8O2. The molecule has 4 aromatic heterocycles. The van der Waals surface area contributed by atoms with Crippen LogP contribution in [0.25, 0.3) is 34.0 Å². The van der Waals surface area contributed by atoms with Gasteiger partial charge in [-0.25, -0.2) is 19.2 Å². The molecule has 0 aliphatic heterocycles. The highest BCUT2D eigenvalue weighted by Gasteiger charge is 2.14. The van der Waals surface area contributed by atoms with E-state index in [0.29, 0.717) is 23.9 Å². The maximum absolute atomic E-state index is 13.9. The van der Waals surface area contributed by atoms with E-state index in [4.69, 9.17) is 4.74 Å². The van der Waals surface area contributed by atoms with Gasteiger partial charge in [-0.15, -0.1) is 10.2 Å². The second-order valence-electron chi connectivity index (χ2n) is 7.55. The number of aromatic nitrogens is 6. The summed E-state index contributed by atoms with van der Waals surface area (Å²) in [5, 5.41) is 13.7. The fraction of sp³-hybridized carbons (Fsp3) is 0.125. The summed E-state index contributed by atoms with van der Waals surface area (Å²) >= 11 is 0. The maximum atomic E-state index is 13.9. The van der Waals surface area contributed by atoms with Gasteiger partial charge in [0, 0.05) is 36.1 Å². The summed E-state index contributed by atoms with van der Waals surface area (Å²) in [6.07, 6.45) is 6.89. The zero-order valence-electron chi connectivity index (χ0n) is 18.9. The van der Waals surface area contributed by atoms with Crippen molar-refractivity contribution in [2.75, 3.05) is 19.0 Å². The lowest BCUT2D eigenvalue weighted by molar-refractivity contribution is 0.252. The van der Waals surface area contributed by atoms with Crippen LogP contribution in [0.15, 0.2) is 67.4 Å². The van der Waals surface area contributed by atoms with E-state index in [9.17, 15) is 9.18 Å². The topological polar surface area (TPSA) is 111 Å². The molecule has 5 rings (SSSR count). The lowest BCUT2D eigenvalue weighted by atomic mass is 10.2. The summed E-state index contributed by atoms with van der Waals surface area (Å²) in [4.78, 5) is 20.5. The second-order valence-corrected chi connectivity index (χ2v) is 7.55. The first-order chi connectivity index (χ1) is 17.1. The van der Waals surface area contributed by atoms with Crippen LogP contribution in [0.3, 0.4) is 0 Å². The fourth-order valence-corrected chi connectivity index (χ4v) is 3.69. The first-order valence-electron chi connectivity index (χ1n) is 10.8. The number of anilines is 1. The number of urea groups is 1. The Bertz CT molecular complexity index is 1510. The zero-order chi connectivity index (χ0) is 24.4. The van der Waals surface area contributed by atoms with E-state index in [2.05, 4.69) is 30.8 Å². The molecule has 4 heterocycles. The van der Waals surface area contributed by atoms with Crippen molar-refractivity contribution in [3.63, 3.8) is 0 Å². The van der Waals surface area contributed by atoms with Crippen molar-refractivity contribution in [1.82, 2.24) is 34.4 Å². The Morgan fingerprint density at radius 3 is 2.71 bits per heavy atom. The zero-order valence-corrected chi connectivity index (χ0v) is 18.9. The predicted octanol–water partition coefficient (Wildman–Crippen LogP) is 3.93. The molecule has 1 aromatic carbocycles. The number of benzene rings is 1. The molecule has 0 aliphatic carbocycles. The van der Waals surface area contributed by atoms with Crippen LogP contribution in [-0.4, -0.2) is 48.8 Å². The van der Waals surface area contributed by atoms with Gasteiger partial charge in [-0.1, -0.05) is 0 Å². The van der Waals surface area contributed by atoms with Crippen LogP contribution in [0.2, 0.25) is 0 Å². The lowest BCUT2D eigenvalue weighted by Gasteiger charge is -2.10. The number of pyridine rings is 2. The van der Waals surface area contributed by atoms with Gasteiger partial charge in [-0.3, -0.25) is 14.3 Å². The number of imidazole rings is 1. The van der Waals surface area contributed by atoms with Gasteiger partial charge in [0.25, 0.3) is 0 Å². The highest BCUT2D eigenvalue weighted by molar-refractivity contribution is 5.88. The van der Waals surface area contributed by atoms with Gasteiger partial charge in [0.15, 0.2) is 17.4 Å². The number of ether oxygens (including phenoxy) is 1. The molecular weight excluding hydrogens is 451 g/mol. The molecule has 35 heavy (non-hydrogen) atoms. The van der Waals surface area contributed by atoms with Gasteiger partial charge < -0.3 is 10.1 Å². The lowest BCUT2D eigenvalue weighted by Crippen LogP contribution is -2.28. The molecule has 0 radical (unpaired) electrons.